The van der Waals surface area contributed by atoms with Gasteiger partial charge in [0.05, 0.1) is 18.9 Å². The molecular weight excluding hydrogens is 318 g/mol. The number of hydrogen-bond donors (Lipinski definition) is 2. The fourth-order valence-electron chi connectivity index (χ4n) is 2.65. The molecule has 1 amide bonds. The van der Waals surface area contributed by atoms with Crippen molar-refractivity contribution in [1.82, 2.24) is 5.32 Å². The van der Waals surface area contributed by atoms with Gasteiger partial charge in [0, 0.05) is 6.54 Å². The van der Waals surface area contributed by atoms with Gasteiger partial charge in [0.1, 0.15) is 5.75 Å². The van der Waals surface area contributed by atoms with Gasteiger partial charge in [0.2, 0.25) is 5.91 Å². The summed E-state index contributed by atoms with van der Waals surface area (Å²) in [5.41, 5.74) is 1.71. The van der Waals surface area contributed by atoms with Crippen LogP contribution in [-0.4, -0.2) is 30.6 Å². The zero-order chi connectivity index (χ0) is 18.2. The molecule has 0 heterocycles. The Labute approximate surface area is 147 Å². The van der Waals surface area contributed by atoms with Gasteiger partial charge in [0.25, 0.3) is 0 Å². The number of benzene rings is 2. The minimum atomic E-state index is -0.946. The molecule has 132 valence electrons. The van der Waals surface area contributed by atoms with Gasteiger partial charge in [-0.15, -0.1) is 0 Å². The summed E-state index contributed by atoms with van der Waals surface area (Å²) >= 11 is 0. The summed E-state index contributed by atoms with van der Waals surface area (Å²) in [7, 11) is 1.55. The lowest BCUT2D eigenvalue weighted by molar-refractivity contribution is -0.141. The largest absolute Gasteiger partial charge is 0.496 e. The van der Waals surface area contributed by atoms with E-state index in [1.807, 2.05) is 48.5 Å². The van der Waals surface area contributed by atoms with E-state index in [9.17, 15) is 14.7 Å². The Kier molecular flexibility index (Phi) is 6.57. The molecular formula is C20H23NO4. The average molecular weight is 341 g/mol. The van der Waals surface area contributed by atoms with Crippen molar-refractivity contribution in [3.63, 3.8) is 0 Å². The maximum atomic E-state index is 12.3. The normalized spacial score (nSPS) is 12.9. The Balaban J connectivity index is 2.00. The van der Waals surface area contributed by atoms with Crippen molar-refractivity contribution in [2.24, 2.45) is 5.92 Å². The summed E-state index contributed by atoms with van der Waals surface area (Å²) in [6.07, 6.45) is 0.291. The third kappa shape index (κ3) is 5.08. The molecule has 0 radical (unpaired) electrons. The molecule has 5 heteroatoms. The number of nitrogens with one attached hydrogen (secondary N) is 1. The Morgan fingerprint density at radius 1 is 1.08 bits per heavy atom. The van der Waals surface area contributed by atoms with Crippen LogP contribution in [0.25, 0.3) is 0 Å². The number of methoxy groups -OCH3 is 1. The van der Waals surface area contributed by atoms with E-state index in [0.717, 1.165) is 11.1 Å². The summed E-state index contributed by atoms with van der Waals surface area (Å²) in [5.74, 6) is -1.53. The van der Waals surface area contributed by atoms with Crippen LogP contribution in [-0.2, 0) is 16.0 Å². The first-order valence-corrected chi connectivity index (χ1v) is 8.20. The molecule has 2 N–H and O–H groups in total. The summed E-state index contributed by atoms with van der Waals surface area (Å²) in [6, 6.07) is 16.7. The van der Waals surface area contributed by atoms with E-state index < -0.39 is 11.9 Å². The van der Waals surface area contributed by atoms with Crippen LogP contribution >= 0.6 is 0 Å². The lowest BCUT2D eigenvalue weighted by Gasteiger charge is -2.17. The third-order valence-electron chi connectivity index (χ3n) is 4.22. The van der Waals surface area contributed by atoms with Crippen LogP contribution in [0.4, 0.5) is 0 Å². The highest BCUT2D eigenvalue weighted by atomic mass is 16.5. The van der Waals surface area contributed by atoms with Crippen molar-refractivity contribution in [1.29, 1.82) is 0 Å². The van der Waals surface area contributed by atoms with E-state index in [4.69, 9.17) is 4.74 Å². The van der Waals surface area contributed by atoms with Crippen molar-refractivity contribution in [3.05, 3.63) is 65.7 Å². The number of carboxylic acids is 1. The molecule has 5 nitrogen and oxygen atoms in total. The van der Waals surface area contributed by atoms with Crippen LogP contribution in [0, 0.1) is 5.92 Å². The fourth-order valence-corrected chi connectivity index (χ4v) is 2.65. The molecule has 0 fully saturated rings. The zero-order valence-corrected chi connectivity index (χ0v) is 14.4. The van der Waals surface area contributed by atoms with Crippen LogP contribution in [0.3, 0.4) is 0 Å². The molecule has 25 heavy (non-hydrogen) atoms. The highest BCUT2D eigenvalue weighted by molar-refractivity contribution is 5.83. The van der Waals surface area contributed by atoms with E-state index in [-0.39, 0.29) is 18.4 Å². The molecule has 0 spiro atoms. The van der Waals surface area contributed by atoms with Crippen LogP contribution in [0.1, 0.15) is 24.0 Å². The minimum Gasteiger partial charge on any atom is -0.496 e. The number of ether oxygens (including phenoxy) is 1. The topological polar surface area (TPSA) is 75.6 Å². The number of amides is 1. The van der Waals surface area contributed by atoms with Gasteiger partial charge in [-0.3, -0.25) is 9.59 Å². The highest BCUT2D eigenvalue weighted by Crippen LogP contribution is 2.21. The number of hydrogen-bond acceptors (Lipinski definition) is 3. The van der Waals surface area contributed by atoms with Crippen LogP contribution in [0.5, 0.6) is 5.75 Å². The predicted octanol–water partition coefficient (Wildman–Crippen LogP) is 2.86. The first-order chi connectivity index (χ1) is 12.0. The molecule has 0 aliphatic rings. The third-order valence-corrected chi connectivity index (χ3v) is 4.22. The Bertz CT molecular complexity index is 715. The number of para-hydroxylation sites is 1. The number of carbonyl (C=O) groups excluding carboxylic acids is 1. The molecule has 0 aliphatic carbocycles. The minimum absolute atomic E-state index is 0.0728. The Hall–Kier alpha value is -2.82. The van der Waals surface area contributed by atoms with Crippen molar-refractivity contribution in [2.75, 3.05) is 13.7 Å². The van der Waals surface area contributed by atoms with E-state index in [2.05, 4.69) is 5.32 Å². The molecule has 0 bridgehead atoms. The summed E-state index contributed by atoms with van der Waals surface area (Å²) in [5, 5.41) is 12.2. The summed E-state index contributed by atoms with van der Waals surface area (Å²) in [4.78, 5) is 23.9. The lowest BCUT2D eigenvalue weighted by atomic mass is 9.97. The molecule has 2 aromatic carbocycles. The summed E-state index contributed by atoms with van der Waals surface area (Å²) < 4.78 is 5.27. The van der Waals surface area contributed by atoms with Gasteiger partial charge in [-0.25, -0.2) is 0 Å². The van der Waals surface area contributed by atoms with E-state index in [1.165, 1.54) is 0 Å². The molecule has 0 saturated heterocycles. The van der Waals surface area contributed by atoms with Gasteiger partial charge in [-0.1, -0.05) is 48.5 Å². The smallest absolute Gasteiger partial charge is 0.308 e. The Morgan fingerprint density at radius 3 is 2.36 bits per heavy atom. The molecule has 2 aromatic rings. The van der Waals surface area contributed by atoms with E-state index in [0.29, 0.717) is 12.2 Å². The van der Waals surface area contributed by atoms with E-state index >= 15 is 0 Å². The average Bonchev–Trinajstić information content (AvgIpc) is 2.64. The fraction of sp³-hybridized carbons (Fsp3) is 0.300. The molecule has 2 rings (SSSR count). The lowest BCUT2D eigenvalue weighted by Crippen LogP contribution is -2.36. The highest BCUT2D eigenvalue weighted by Gasteiger charge is 2.22. The maximum absolute atomic E-state index is 12.3. The second-order valence-corrected chi connectivity index (χ2v) is 5.93. The van der Waals surface area contributed by atoms with Gasteiger partial charge in [0.15, 0.2) is 0 Å². The number of carboxylic acid groups (broad SMARTS) is 1. The van der Waals surface area contributed by atoms with Crippen molar-refractivity contribution in [2.45, 2.75) is 19.3 Å². The van der Waals surface area contributed by atoms with Gasteiger partial charge in [-0.05, 0) is 30.5 Å². The van der Waals surface area contributed by atoms with Crippen molar-refractivity contribution < 1.29 is 19.4 Å². The SMILES string of the molecule is COc1ccccc1CC(CNC(=O)[C@@H](C)c1ccccc1)C(=O)O. The Morgan fingerprint density at radius 2 is 1.72 bits per heavy atom. The van der Waals surface area contributed by atoms with Crippen LogP contribution in [0.15, 0.2) is 54.6 Å². The molecule has 0 aliphatic heterocycles. The first kappa shape index (κ1) is 18.5. The van der Waals surface area contributed by atoms with Gasteiger partial charge in [-0.2, -0.15) is 0 Å². The first-order valence-electron chi connectivity index (χ1n) is 8.20. The molecule has 1 unspecified atom stereocenters. The number of carbonyl (C=O) groups is 2. The van der Waals surface area contributed by atoms with E-state index in [1.54, 1.807) is 20.1 Å². The van der Waals surface area contributed by atoms with Crippen molar-refractivity contribution >= 4 is 11.9 Å². The molecule has 0 saturated carbocycles. The molecule has 0 aromatic heterocycles. The second-order valence-electron chi connectivity index (χ2n) is 5.93. The standard InChI is InChI=1S/C20H23NO4/c1-14(15-8-4-3-5-9-15)19(22)21-13-17(20(23)24)12-16-10-6-7-11-18(16)25-2/h3-11,14,17H,12-13H2,1-2H3,(H,21,22)(H,23,24)/t14-,17?/m0/s1. The van der Waals surface area contributed by atoms with Crippen LogP contribution < -0.4 is 10.1 Å². The maximum Gasteiger partial charge on any atom is 0.308 e. The van der Waals surface area contributed by atoms with Gasteiger partial charge < -0.3 is 15.2 Å². The van der Waals surface area contributed by atoms with Crippen molar-refractivity contribution in [3.8, 4) is 5.75 Å². The number of rotatable bonds is 8. The predicted molar refractivity (Wildman–Crippen MR) is 95.7 cm³/mol. The molecule has 2 atom stereocenters. The zero-order valence-electron chi connectivity index (χ0n) is 14.4. The second kappa shape index (κ2) is 8.87. The van der Waals surface area contributed by atoms with Crippen LogP contribution in [0.2, 0.25) is 0 Å². The quantitative estimate of drug-likeness (QED) is 0.774. The number of aliphatic carboxylic acids is 1. The summed E-state index contributed by atoms with van der Waals surface area (Å²) in [6.45, 7) is 1.88. The van der Waals surface area contributed by atoms with Gasteiger partial charge >= 0.3 is 5.97 Å². The monoisotopic (exact) mass is 341 g/mol.